The van der Waals surface area contributed by atoms with Crippen molar-refractivity contribution in [2.75, 3.05) is 0 Å². The van der Waals surface area contributed by atoms with Gasteiger partial charge in [0.1, 0.15) is 0 Å². The molecule has 0 spiro atoms. The molecular formula is C22H16N2. The summed E-state index contributed by atoms with van der Waals surface area (Å²) in [6.07, 6.45) is 3.46. The molecule has 0 bridgehead atoms. The van der Waals surface area contributed by atoms with Crippen molar-refractivity contribution in [3.05, 3.63) is 85.2 Å². The van der Waals surface area contributed by atoms with Crippen molar-refractivity contribution in [2.45, 2.75) is 0 Å². The number of fused-ring (bicyclic) bond motifs is 4. The lowest BCUT2D eigenvalue weighted by molar-refractivity contribution is -0.649. The Balaban J connectivity index is 1.98. The predicted octanol–water partition coefficient (Wildman–Crippen LogP) is 4.56. The van der Waals surface area contributed by atoms with Crippen LogP contribution >= 0.6 is 0 Å². The standard InChI is InChI=1S/C22H16N2/c1-23-15-24(21-13-7-6-12-20(21)23)22-14-16-8-2-3-9-17(16)18-10-4-5-11-19(18)22/h2-14H,1H3. The van der Waals surface area contributed by atoms with Crippen molar-refractivity contribution in [1.82, 2.24) is 4.57 Å². The summed E-state index contributed by atoms with van der Waals surface area (Å²) >= 11 is 0. The minimum absolute atomic E-state index is 1.17. The first-order valence-electron chi connectivity index (χ1n) is 8.12. The molecule has 0 amide bonds. The Hall–Kier alpha value is -3.13. The quantitative estimate of drug-likeness (QED) is 0.244. The van der Waals surface area contributed by atoms with Gasteiger partial charge in [0.25, 0.3) is 0 Å². The highest BCUT2D eigenvalue weighted by atomic mass is 15.1. The van der Waals surface area contributed by atoms with E-state index in [9.17, 15) is 0 Å². The van der Waals surface area contributed by atoms with Gasteiger partial charge in [0.2, 0.25) is 6.33 Å². The van der Waals surface area contributed by atoms with Gasteiger partial charge in [0.05, 0.1) is 23.8 Å². The van der Waals surface area contributed by atoms with Gasteiger partial charge in [-0.1, -0.05) is 72.8 Å². The smallest absolute Gasteiger partial charge is 0.244 e. The summed E-state index contributed by atoms with van der Waals surface area (Å²) in [5.41, 5.74) is 3.51. The molecule has 0 fully saturated rings. The Morgan fingerprint density at radius 2 is 1.42 bits per heavy atom. The van der Waals surface area contributed by atoms with Crippen LogP contribution in [0.1, 0.15) is 0 Å². The van der Waals surface area contributed by atoms with Crippen molar-refractivity contribution in [3.63, 3.8) is 0 Å². The zero-order chi connectivity index (χ0) is 16.1. The molecular weight excluding hydrogens is 292 g/mol. The molecule has 0 atom stereocenters. The topological polar surface area (TPSA) is 8.81 Å². The fourth-order valence-corrected chi connectivity index (χ4v) is 3.60. The molecule has 0 saturated carbocycles. The third-order valence-electron chi connectivity index (χ3n) is 4.72. The zero-order valence-corrected chi connectivity index (χ0v) is 13.4. The predicted molar refractivity (Wildman–Crippen MR) is 98.3 cm³/mol. The summed E-state index contributed by atoms with van der Waals surface area (Å²) in [7, 11) is 2.04. The minimum Gasteiger partial charge on any atom is -0.319 e. The van der Waals surface area contributed by atoms with E-state index in [1.165, 1.54) is 38.3 Å². The number of para-hydroxylation sites is 2. The van der Waals surface area contributed by atoms with Gasteiger partial charge in [0.15, 0.2) is 0 Å². The second-order valence-electron chi connectivity index (χ2n) is 6.15. The van der Waals surface area contributed by atoms with E-state index in [0.717, 1.165) is 0 Å². The van der Waals surface area contributed by atoms with E-state index in [0.29, 0.717) is 0 Å². The van der Waals surface area contributed by atoms with E-state index in [2.05, 4.69) is 94.3 Å². The van der Waals surface area contributed by atoms with Crippen LogP contribution < -0.4 is 4.57 Å². The number of hydrogen-bond acceptors (Lipinski definition) is 0. The second-order valence-corrected chi connectivity index (χ2v) is 6.15. The summed E-state index contributed by atoms with van der Waals surface area (Å²) in [6, 6.07) is 27.9. The van der Waals surface area contributed by atoms with Gasteiger partial charge in [-0.2, -0.15) is 0 Å². The number of aryl methyl sites for hydroxylation is 1. The summed E-state index contributed by atoms with van der Waals surface area (Å²) in [6.45, 7) is 0. The van der Waals surface area contributed by atoms with Crippen LogP contribution in [0.5, 0.6) is 0 Å². The first kappa shape index (κ1) is 13.3. The van der Waals surface area contributed by atoms with E-state index in [4.69, 9.17) is 0 Å². The Kier molecular flexibility index (Phi) is 2.74. The van der Waals surface area contributed by atoms with Crippen LogP contribution in [0, 0.1) is 6.33 Å². The molecule has 114 valence electrons. The molecule has 4 aromatic carbocycles. The maximum absolute atomic E-state index is 3.46. The third-order valence-corrected chi connectivity index (χ3v) is 4.72. The Bertz CT molecular complexity index is 1210. The molecule has 2 heteroatoms. The summed E-state index contributed by atoms with van der Waals surface area (Å²) in [5.74, 6) is 0. The van der Waals surface area contributed by atoms with Crippen LogP contribution in [-0.2, 0) is 7.05 Å². The molecule has 2 nitrogen and oxygen atoms in total. The van der Waals surface area contributed by atoms with Crippen molar-refractivity contribution in [2.24, 2.45) is 7.05 Å². The molecule has 0 N–H and O–H groups in total. The van der Waals surface area contributed by atoms with Gasteiger partial charge in [-0.3, -0.25) is 0 Å². The number of aromatic nitrogens is 2. The lowest BCUT2D eigenvalue weighted by Crippen LogP contribution is -2.26. The highest BCUT2D eigenvalue weighted by molar-refractivity contribution is 6.11. The van der Waals surface area contributed by atoms with Gasteiger partial charge in [-0.25, -0.2) is 0 Å². The molecule has 0 saturated heterocycles. The number of benzene rings is 4. The molecule has 0 aliphatic heterocycles. The maximum Gasteiger partial charge on any atom is 0.244 e. The Labute approximate surface area is 140 Å². The van der Waals surface area contributed by atoms with Gasteiger partial charge in [0, 0.05) is 0 Å². The molecule has 5 rings (SSSR count). The van der Waals surface area contributed by atoms with Crippen molar-refractivity contribution in [1.29, 1.82) is 0 Å². The van der Waals surface area contributed by atoms with Crippen LogP contribution in [0.2, 0.25) is 0 Å². The Morgan fingerprint density at radius 1 is 0.750 bits per heavy atom. The van der Waals surface area contributed by atoms with Crippen molar-refractivity contribution < 1.29 is 4.57 Å². The zero-order valence-electron chi connectivity index (χ0n) is 13.4. The molecule has 0 aliphatic rings. The van der Waals surface area contributed by atoms with Crippen LogP contribution in [0.25, 0.3) is 38.3 Å². The van der Waals surface area contributed by atoms with Gasteiger partial charge >= 0.3 is 0 Å². The molecule has 0 aliphatic carbocycles. The first-order valence-corrected chi connectivity index (χ1v) is 8.12. The number of hydrogen-bond donors (Lipinski definition) is 0. The lowest BCUT2D eigenvalue weighted by Gasteiger charge is -2.12. The van der Waals surface area contributed by atoms with Gasteiger partial charge in [-0.05, 0) is 27.6 Å². The first-order chi connectivity index (χ1) is 11.8. The van der Waals surface area contributed by atoms with E-state index in [1.54, 1.807) is 0 Å². The number of imidazole rings is 1. The minimum atomic E-state index is 1.17. The maximum atomic E-state index is 3.46. The molecule has 1 heterocycles. The fraction of sp³-hybridized carbons (Fsp3) is 0.0455. The fourth-order valence-electron chi connectivity index (χ4n) is 3.60. The monoisotopic (exact) mass is 308 g/mol. The highest BCUT2D eigenvalue weighted by Crippen LogP contribution is 2.31. The molecule has 0 radical (unpaired) electrons. The summed E-state index contributed by atoms with van der Waals surface area (Å²) < 4.78 is 4.23. The number of rotatable bonds is 1. The van der Waals surface area contributed by atoms with E-state index >= 15 is 0 Å². The van der Waals surface area contributed by atoms with Gasteiger partial charge in [-0.15, -0.1) is 0 Å². The van der Waals surface area contributed by atoms with Crippen LogP contribution in [0.3, 0.4) is 0 Å². The average Bonchev–Trinajstić information content (AvgIpc) is 2.98. The highest BCUT2D eigenvalue weighted by Gasteiger charge is 2.11. The van der Waals surface area contributed by atoms with Crippen LogP contribution in [-0.4, -0.2) is 4.57 Å². The lowest BCUT2D eigenvalue weighted by atomic mass is 10.00. The SMILES string of the molecule is C[n+]1[c-]n(-c2cc3ccccc3c3ccccc23)c2ccccc21. The van der Waals surface area contributed by atoms with Crippen molar-refractivity contribution >= 4 is 32.6 Å². The number of nitrogens with zero attached hydrogens (tertiary/aromatic N) is 2. The summed E-state index contributed by atoms with van der Waals surface area (Å²) in [4.78, 5) is 0. The van der Waals surface area contributed by atoms with Crippen molar-refractivity contribution in [3.8, 4) is 5.69 Å². The van der Waals surface area contributed by atoms with Crippen LogP contribution in [0.4, 0.5) is 0 Å². The third kappa shape index (κ3) is 1.80. The summed E-state index contributed by atoms with van der Waals surface area (Å²) in [5, 5.41) is 5.06. The van der Waals surface area contributed by atoms with Gasteiger partial charge < -0.3 is 9.13 Å². The molecule has 0 unspecified atom stereocenters. The molecule has 24 heavy (non-hydrogen) atoms. The van der Waals surface area contributed by atoms with E-state index in [-0.39, 0.29) is 0 Å². The largest absolute Gasteiger partial charge is 0.319 e. The van der Waals surface area contributed by atoms with E-state index < -0.39 is 0 Å². The average molecular weight is 308 g/mol. The second kappa shape index (κ2) is 4.93. The molecule has 1 aromatic heterocycles. The van der Waals surface area contributed by atoms with E-state index in [1.807, 2.05) is 7.05 Å². The van der Waals surface area contributed by atoms with Crippen LogP contribution in [0.15, 0.2) is 78.9 Å². The normalized spacial score (nSPS) is 11.5. The Morgan fingerprint density at radius 3 is 2.29 bits per heavy atom. The molecule has 5 aromatic rings.